The molecule has 0 amide bonds. The van der Waals surface area contributed by atoms with Gasteiger partial charge in [-0.3, -0.25) is 0 Å². The fourth-order valence-electron chi connectivity index (χ4n) is 3.34. The maximum Gasteiger partial charge on any atom is 0.144 e. The monoisotopic (exact) mass is 271 g/mol. The molecule has 0 saturated carbocycles. The maximum atomic E-state index is 4.58. The molecule has 5 rings (SSSR count). The van der Waals surface area contributed by atoms with E-state index in [-0.39, 0.29) is 0 Å². The summed E-state index contributed by atoms with van der Waals surface area (Å²) in [6.07, 6.45) is 6.05. The number of fused-ring (bicyclic) bond motifs is 7. The molecule has 5 aromatic rings. The van der Waals surface area contributed by atoms with E-state index in [2.05, 4.69) is 69.8 Å². The summed E-state index contributed by atoms with van der Waals surface area (Å²) in [4.78, 5) is 4.58. The molecule has 4 aromatic heterocycles. The molecule has 3 nitrogen and oxygen atoms in total. The van der Waals surface area contributed by atoms with E-state index in [0.717, 1.165) is 5.65 Å². The lowest BCUT2D eigenvalue weighted by Gasteiger charge is -2.09. The van der Waals surface area contributed by atoms with Crippen molar-refractivity contribution in [2.45, 2.75) is 0 Å². The Morgan fingerprint density at radius 3 is 2.76 bits per heavy atom. The van der Waals surface area contributed by atoms with E-state index in [1.807, 2.05) is 12.3 Å². The number of nitrogens with zero attached hydrogens (tertiary/aromatic N) is 3. The minimum absolute atomic E-state index is 1.01. The van der Waals surface area contributed by atoms with Gasteiger partial charge in [-0.05, 0) is 47.9 Å². The zero-order valence-corrected chi connectivity index (χ0v) is 11.6. The molecule has 4 heterocycles. The number of aromatic nitrogens is 3. The van der Waals surface area contributed by atoms with Crippen LogP contribution in [0.3, 0.4) is 0 Å². The molecular formula is C18H13N3. The normalized spacial score (nSPS) is 12.0. The van der Waals surface area contributed by atoms with Gasteiger partial charge in [0, 0.05) is 47.3 Å². The summed E-state index contributed by atoms with van der Waals surface area (Å²) in [5.41, 5.74) is 3.48. The summed E-state index contributed by atoms with van der Waals surface area (Å²) in [5.74, 6) is 0. The Kier molecular flexibility index (Phi) is 1.89. The number of rotatable bonds is 0. The highest BCUT2D eigenvalue weighted by atomic mass is 15.0. The molecule has 0 unspecified atom stereocenters. The van der Waals surface area contributed by atoms with Crippen LogP contribution in [-0.2, 0) is 7.05 Å². The third-order valence-corrected chi connectivity index (χ3v) is 4.35. The third kappa shape index (κ3) is 1.30. The number of benzene rings is 1. The van der Waals surface area contributed by atoms with Crippen LogP contribution < -0.4 is 0 Å². The van der Waals surface area contributed by atoms with Gasteiger partial charge in [-0.25, -0.2) is 4.98 Å². The van der Waals surface area contributed by atoms with Crippen LogP contribution >= 0.6 is 0 Å². The van der Waals surface area contributed by atoms with E-state index in [4.69, 9.17) is 0 Å². The van der Waals surface area contributed by atoms with E-state index in [1.54, 1.807) is 0 Å². The van der Waals surface area contributed by atoms with Crippen molar-refractivity contribution in [3.8, 4) is 0 Å². The van der Waals surface area contributed by atoms with Crippen LogP contribution in [0.1, 0.15) is 0 Å². The van der Waals surface area contributed by atoms with Crippen LogP contribution in [0, 0.1) is 0 Å². The minimum atomic E-state index is 1.01. The molecule has 0 spiro atoms. The molecular weight excluding hydrogens is 258 g/mol. The summed E-state index contributed by atoms with van der Waals surface area (Å²) >= 11 is 0. The Hall–Kier alpha value is -2.81. The first-order valence-electron chi connectivity index (χ1n) is 7.05. The molecule has 0 bridgehead atoms. The molecule has 0 aliphatic heterocycles. The van der Waals surface area contributed by atoms with Crippen LogP contribution in [0.5, 0.6) is 0 Å². The van der Waals surface area contributed by atoms with Gasteiger partial charge in [0.2, 0.25) is 0 Å². The first kappa shape index (κ1) is 10.9. The molecule has 1 aromatic carbocycles. The number of hydrogen-bond acceptors (Lipinski definition) is 1. The lowest BCUT2D eigenvalue weighted by Crippen LogP contribution is -1.92. The van der Waals surface area contributed by atoms with Crippen LogP contribution in [0.15, 0.2) is 61.1 Å². The average Bonchev–Trinajstić information content (AvgIpc) is 3.14. The quantitative estimate of drug-likeness (QED) is 0.388. The molecule has 0 fully saturated rings. The maximum absolute atomic E-state index is 4.58. The fourth-order valence-corrected chi connectivity index (χ4v) is 3.34. The predicted molar refractivity (Wildman–Crippen MR) is 86.7 cm³/mol. The van der Waals surface area contributed by atoms with Gasteiger partial charge in [0.1, 0.15) is 5.65 Å². The topological polar surface area (TPSA) is 22.2 Å². The van der Waals surface area contributed by atoms with Crippen LogP contribution in [0.2, 0.25) is 0 Å². The van der Waals surface area contributed by atoms with Crippen molar-refractivity contribution in [2.75, 3.05) is 0 Å². The van der Waals surface area contributed by atoms with E-state index >= 15 is 0 Å². The molecule has 0 N–H and O–H groups in total. The summed E-state index contributed by atoms with van der Waals surface area (Å²) in [5, 5.41) is 5.01. The smallest absolute Gasteiger partial charge is 0.144 e. The average molecular weight is 271 g/mol. The highest BCUT2D eigenvalue weighted by Gasteiger charge is 2.10. The summed E-state index contributed by atoms with van der Waals surface area (Å²) in [6.45, 7) is 0. The first-order chi connectivity index (χ1) is 10.3. The Morgan fingerprint density at radius 1 is 0.857 bits per heavy atom. The van der Waals surface area contributed by atoms with Gasteiger partial charge < -0.3 is 8.97 Å². The van der Waals surface area contributed by atoms with Gasteiger partial charge in [-0.1, -0.05) is 0 Å². The number of pyridine rings is 2. The SMILES string of the molecule is Cn1ccc2cc3c(cc21)c1cccnc1n1cccc31. The second kappa shape index (κ2) is 3.64. The lowest BCUT2D eigenvalue weighted by molar-refractivity contribution is 0.970. The zero-order valence-electron chi connectivity index (χ0n) is 11.6. The van der Waals surface area contributed by atoms with Gasteiger partial charge in [-0.2, -0.15) is 0 Å². The van der Waals surface area contributed by atoms with E-state index < -0.39 is 0 Å². The molecule has 0 aliphatic rings. The zero-order chi connectivity index (χ0) is 14.0. The van der Waals surface area contributed by atoms with E-state index in [1.165, 1.54) is 32.6 Å². The molecule has 21 heavy (non-hydrogen) atoms. The largest absolute Gasteiger partial charge is 0.351 e. The minimum Gasteiger partial charge on any atom is -0.351 e. The molecule has 100 valence electrons. The van der Waals surface area contributed by atoms with E-state index in [9.17, 15) is 0 Å². The summed E-state index contributed by atoms with van der Waals surface area (Å²) < 4.78 is 4.34. The molecule has 0 atom stereocenters. The molecule has 0 saturated heterocycles. The highest BCUT2D eigenvalue weighted by Crippen LogP contribution is 2.32. The summed E-state index contributed by atoms with van der Waals surface area (Å²) in [6, 6.07) is 15.1. The predicted octanol–water partition coefficient (Wildman–Crippen LogP) is 4.13. The van der Waals surface area contributed by atoms with Crippen molar-refractivity contribution >= 4 is 38.2 Å². The number of hydrogen-bond donors (Lipinski definition) is 0. The van der Waals surface area contributed by atoms with Crippen LogP contribution in [0.4, 0.5) is 0 Å². The second-order valence-electron chi connectivity index (χ2n) is 5.52. The van der Waals surface area contributed by atoms with Gasteiger partial charge >= 0.3 is 0 Å². The van der Waals surface area contributed by atoms with Gasteiger partial charge in [-0.15, -0.1) is 0 Å². The van der Waals surface area contributed by atoms with Crippen molar-refractivity contribution in [1.29, 1.82) is 0 Å². The highest BCUT2D eigenvalue weighted by molar-refractivity contribution is 6.15. The Morgan fingerprint density at radius 2 is 1.81 bits per heavy atom. The second-order valence-corrected chi connectivity index (χ2v) is 5.52. The lowest BCUT2D eigenvalue weighted by atomic mass is 10.0. The summed E-state index contributed by atoms with van der Waals surface area (Å²) in [7, 11) is 2.09. The van der Waals surface area contributed by atoms with Gasteiger partial charge in [0.15, 0.2) is 0 Å². The Bertz CT molecular complexity index is 1140. The van der Waals surface area contributed by atoms with Crippen molar-refractivity contribution in [2.24, 2.45) is 7.05 Å². The molecule has 0 radical (unpaired) electrons. The van der Waals surface area contributed by atoms with Crippen LogP contribution in [0.25, 0.3) is 38.2 Å². The van der Waals surface area contributed by atoms with Crippen molar-refractivity contribution in [3.05, 3.63) is 61.1 Å². The molecule has 3 heteroatoms. The molecule has 0 aliphatic carbocycles. The van der Waals surface area contributed by atoms with Crippen molar-refractivity contribution in [1.82, 2.24) is 14.0 Å². The Labute approximate surface area is 121 Å². The fraction of sp³-hybridized carbons (Fsp3) is 0.0556. The van der Waals surface area contributed by atoms with Crippen molar-refractivity contribution in [3.63, 3.8) is 0 Å². The first-order valence-corrected chi connectivity index (χ1v) is 7.05. The van der Waals surface area contributed by atoms with Crippen LogP contribution in [-0.4, -0.2) is 14.0 Å². The van der Waals surface area contributed by atoms with Crippen molar-refractivity contribution < 1.29 is 0 Å². The van der Waals surface area contributed by atoms with Gasteiger partial charge in [0.05, 0.1) is 5.52 Å². The van der Waals surface area contributed by atoms with E-state index in [0.29, 0.717) is 0 Å². The third-order valence-electron chi connectivity index (χ3n) is 4.35. The van der Waals surface area contributed by atoms with Gasteiger partial charge in [0.25, 0.3) is 0 Å². The number of aryl methyl sites for hydroxylation is 1. The standard InChI is InChI=1S/C18H13N3/c1-20-9-6-12-10-15-14(11-17(12)20)13-4-2-7-19-18(13)21-8-3-5-16(15)21/h2-11H,1H3. The Balaban J connectivity index is 2.19.